The fourth-order valence-corrected chi connectivity index (χ4v) is 2.52. The highest BCUT2D eigenvalue weighted by atomic mass is 32.1. The van der Waals surface area contributed by atoms with Gasteiger partial charge in [-0.05, 0) is 18.9 Å². The standard InChI is InChI=1S/C15H16N2O3S/c1-10-2-4-11(5-3-10)6-7-13(18)17-15-16-12(9-21-15)8-14(19)20/h2-5,9H,6-8H2,1H3,(H,19,20)(H,16,17,18). The molecule has 5 nitrogen and oxygen atoms in total. The Balaban J connectivity index is 1.82. The first-order valence-corrected chi connectivity index (χ1v) is 7.42. The first-order chi connectivity index (χ1) is 10.0. The molecular weight excluding hydrogens is 288 g/mol. The van der Waals surface area contributed by atoms with Gasteiger partial charge in [0.2, 0.25) is 5.91 Å². The lowest BCUT2D eigenvalue weighted by Crippen LogP contribution is -2.12. The second-order valence-electron chi connectivity index (χ2n) is 4.75. The summed E-state index contributed by atoms with van der Waals surface area (Å²) >= 11 is 1.24. The number of benzene rings is 1. The third-order valence-corrected chi connectivity index (χ3v) is 3.70. The van der Waals surface area contributed by atoms with Gasteiger partial charge in [-0.1, -0.05) is 29.8 Å². The zero-order chi connectivity index (χ0) is 15.2. The first kappa shape index (κ1) is 15.2. The maximum Gasteiger partial charge on any atom is 0.309 e. The maximum absolute atomic E-state index is 11.8. The minimum absolute atomic E-state index is 0.119. The van der Waals surface area contributed by atoms with Crippen molar-refractivity contribution >= 4 is 28.3 Å². The van der Waals surface area contributed by atoms with E-state index in [1.165, 1.54) is 16.9 Å². The molecular formula is C15H16N2O3S. The van der Waals surface area contributed by atoms with E-state index >= 15 is 0 Å². The van der Waals surface area contributed by atoms with E-state index in [2.05, 4.69) is 10.3 Å². The van der Waals surface area contributed by atoms with Gasteiger partial charge >= 0.3 is 5.97 Å². The minimum Gasteiger partial charge on any atom is -0.481 e. The monoisotopic (exact) mass is 304 g/mol. The number of amides is 1. The topological polar surface area (TPSA) is 79.3 Å². The molecule has 1 aromatic heterocycles. The van der Waals surface area contributed by atoms with Crippen LogP contribution in [0.15, 0.2) is 29.6 Å². The van der Waals surface area contributed by atoms with Gasteiger partial charge in [-0.25, -0.2) is 4.98 Å². The third-order valence-electron chi connectivity index (χ3n) is 2.89. The molecule has 0 atom stereocenters. The Morgan fingerprint density at radius 2 is 2.00 bits per heavy atom. The largest absolute Gasteiger partial charge is 0.481 e. The number of carbonyl (C=O) groups is 2. The summed E-state index contributed by atoms with van der Waals surface area (Å²) in [5.74, 6) is -1.05. The number of aromatic nitrogens is 1. The number of nitrogens with one attached hydrogen (secondary N) is 1. The lowest BCUT2D eigenvalue weighted by Gasteiger charge is -2.02. The number of thiazole rings is 1. The van der Waals surface area contributed by atoms with Crippen LogP contribution in [0, 0.1) is 6.92 Å². The van der Waals surface area contributed by atoms with E-state index in [1.807, 2.05) is 31.2 Å². The highest BCUT2D eigenvalue weighted by Crippen LogP contribution is 2.16. The van der Waals surface area contributed by atoms with E-state index in [0.29, 0.717) is 23.7 Å². The summed E-state index contributed by atoms with van der Waals surface area (Å²) in [6.45, 7) is 2.02. The Hall–Kier alpha value is -2.21. The molecule has 1 aromatic carbocycles. The molecule has 0 fully saturated rings. The van der Waals surface area contributed by atoms with Gasteiger partial charge in [0.1, 0.15) is 0 Å². The average Bonchev–Trinajstić information content (AvgIpc) is 2.84. The molecule has 0 aliphatic heterocycles. The molecule has 110 valence electrons. The quantitative estimate of drug-likeness (QED) is 0.860. The summed E-state index contributed by atoms with van der Waals surface area (Å²) < 4.78 is 0. The van der Waals surface area contributed by atoms with Gasteiger partial charge in [0.15, 0.2) is 5.13 Å². The fraction of sp³-hybridized carbons (Fsp3) is 0.267. The van der Waals surface area contributed by atoms with Gasteiger partial charge in [-0.15, -0.1) is 11.3 Å². The Labute approximate surface area is 126 Å². The number of hydrogen-bond donors (Lipinski definition) is 2. The van der Waals surface area contributed by atoms with E-state index in [-0.39, 0.29) is 12.3 Å². The van der Waals surface area contributed by atoms with E-state index in [4.69, 9.17) is 5.11 Å². The molecule has 21 heavy (non-hydrogen) atoms. The molecule has 0 aliphatic carbocycles. The number of carboxylic acid groups (broad SMARTS) is 1. The van der Waals surface area contributed by atoms with Crippen molar-refractivity contribution in [3.63, 3.8) is 0 Å². The molecule has 6 heteroatoms. The van der Waals surface area contributed by atoms with Crippen LogP contribution in [0.25, 0.3) is 0 Å². The summed E-state index contributed by atoms with van der Waals surface area (Å²) in [7, 11) is 0. The van der Waals surface area contributed by atoms with Crippen LogP contribution in [-0.4, -0.2) is 22.0 Å². The van der Waals surface area contributed by atoms with E-state index in [0.717, 1.165) is 5.56 Å². The van der Waals surface area contributed by atoms with Gasteiger partial charge in [-0.2, -0.15) is 0 Å². The van der Waals surface area contributed by atoms with Gasteiger partial charge < -0.3 is 10.4 Å². The first-order valence-electron chi connectivity index (χ1n) is 6.54. The van der Waals surface area contributed by atoms with Crippen molar-refractivity contribution < 1.29 is 14.7 Å². The van der Waals surface area contributed by atoms with Gasteiger partial charge in [-0.3, -0.25) is 9.59 Å². The highest BCUT2D eigenvalue weighted by Gasteiger charge is 2.09. The second kappa shape index (κ2) is 6.99. The Morgan fingerprint density at radius 1 is 1.29 bits per heavy atom. The molecule has 0 saturated carbocycles. The number of carboxylic acids is 1. The smallest absolute Gasteiger partial charge is 0.309 e. The predicted octanol–water partition coefficient (Wildman–Crippen LogP) is 2.65. The number of nitrogens with zero attached hydrogens (tertiary/aromatic N) is 1. The summed E-state index contributed by atoms with van der Waals surface area (Å²) in [6, 6.07) is 8.06. The highest BCUT2D eigenvalue weighted by molar-refractivity contribution is 7.13. The van der Waals surface area contributed by atoms with Crippen molar-refractivity contribution in [2.45, 2.75) is 26.2 Å². The number of rotatable bonds is 6. The van der Waals surface area contributed by atoms with E-state index in [9.17, 15) is 9.59 Å². The van der Waals surface area contributed by atoms with Crippen LogP contribution < -0.4 is 5.32 Å². The van der Waals surface area contributed by atoms with E-state index < -0.39 is 5.97 Å². The van der Waals surface area contributed by atoms with Crippen molar-refractivity contribution in [2.24, 2.45) is 0 Å². The predicted molar refractivity (Wildman–Crippen MR) is 81.6 cm³/mol. The van der Waals surface area contributed by atoms with Crippen molar-refractivity contribution in [3.8, 4) is 0 Å². The summed E-state index contributed by atoms with van der Waals surface area (Å²) in [5, 5.41) is 13.4. The lowest BCUT2D eigenvalue weighted by atomic mass is 10.1. The molecule has 2 aromatic rings. The summed E-state index contributed by atoms with van der Waals surface area (Å²) in [6.07, 6.45) is 0.909. The third kappa shape index (κ3) is 5.00. The number of aliphatic carboxylic acids is 1. The SMILES string of the molecule is Cc1ccc(CCC(=O)Nc2nc(CC(=O)O)cs2)cc1. The number of hydrogen-bond acceptors (Lipinski definition) is 4. The second-order valence-corrected chi connectivity index (χ2v) is 5.61. The molecule has 0 spiro atoms. The Bertz CT molecular complexity index is 635. The fourth-order valence-electron chi connectivity index (χ4n) is 1.79. The van der Waals surface area contributed by atoms with Crippen LogP contribution in [0.5, 0.6) is 0 Å². The Kier molecular flexibility index (Phi) is 5.05. The number of carbonyl (C=O) groups excluding carboxylic acids is 1. The van der Waals surface area contributed by atoms with E-state index in [1.54, 1.807) is 5.38 Å². The van der Waals surface area contributed by atoms with Crippen LogP contribution in [0.2, 0.25) is 0 Å². The van der Waals surface area contributed by atoms with Crippen molar-refractivity contribution in [3.05, 3.63) is 46.5 Å². The lowest BCUT2D eigenvalue weighted by molar-refractivity contribution is -0.136. The van der Waals surface area contributed by atoms with Gasteiger partial charge in [0.05, 0.1) is 12.1 Å². The maximum atomic E-state index is 11.8. The van der Waals surface area contributed by atoms with Gasteiger partial charge in [0.25, 0.3) is 0 Å². The van der Waals surface area contributed by atoms with Crippen LogP contribution in [0.4, 0.5) is 5.13 Å². The van der Waals surface area contributed by atoms with Crippen LogP contribution in [0.3, 0.4) is 0 Å². The van der Waals surface area contributed by atoms with Gasteiger partial charge in [0, 0.05) is 11.8 Å². The van der Waals surface area contributed by atoms with Crippen molar-refractivity contribution in [1.82, 2.24) is 4.98 Å². The summed E-state index contributed by atoms with van der Waals surface area (Å²) in [4.78, 5) is 26.4. The van der Waals surface area contributed by atoms with Crippen LogP contribution in [-0.2, 0) is 22.4 Å². The minimum atomic E-state index is -0.933. The molecule has 0 unspecified atom stereocenters. The average molecular weight is 304 g/mol. The van der Waals surface area contributed by atoms with Crippen molar-refractivity contribution in [2.75, 3.05) is 5.32 Å². The number of aryl methyl sites for hydroxylation is 2. The summed E-state index contributed by atoms with van der Waals surface area (Å²) in [5.41, 5.74) is 2.76. The Morgan fingerprint density at radius 3 is 2.67 bits per heavy atom. The van der Waals surface area contributed by atoms with Crippen molar-refractivity contribution in [1.29, 1.82) is 0 Å². The van der Waals surface area contributed by atoms with Crippen LogP contribution in [0.1, 0.15) is 23.2 Å². The molecule has 0 radical (unpaired) electrons. The zero-order valence-electron chi connectivity index (χ0n) is 11.6. The molecule has 2 rings (SSSR count). The molecule has 0 saturated heterocycles. The molecule has 1 amide bonds. The number of anilines is 1. The zero-order valence-corrected chi connectivity index (χ0v) is 12.4. The normalized spacial score (nSPS) is 10.3. The molecule has 2 N–H and O–H groups in total. The van der Waals surface area contributed by atoms with Crippen LogP contribution >= 0.6 is 11.3 Å². The molecule has 1 heterocycles. The molecule has 0 bridgehead atoms. The molecule has 0 aliphatic rings.